The van der Waals surface area contributed by atoms with E-state index in [0.717, 1.165) is 0 Å². The van der Waals surface area contributed by atoms with Crippen LogP contribution in [0.1, 0.15) is 55.8 Å². The highest BCUT2D eigenvalue weighted by Gasteiger charge is 2.18. The maximum atomic E-state index is 3.75. The monoisotopic (exact) mass is 260 g/mol. The molecule has 1 aliphatic rings. The molecule has 1 heterocycles. The predicted octanol–water partition coefficient (Wildman–Crippen LogP) is 3.48. The molecule has 3 atom stereocenters. The van der Waals surface area contributed by atoms with Crippen LogP contribution in [0.25, 0.3) is 0 Å². The van der Waals surface area contributed by atoms with Crippen molar-refractivity contribution in [2.45, 2.75) is 65.1 Å². The Morgan fingerprint density at radius 1 is 1.32 bits per heavy atom. The smallest absolute Gasteiger partial charge is 0.0296 e. The third-order valence-electron chi connectivity index (χ3n) is 4.24. The zero-order valence-electron chi connectivity index (χ0n) is 12.8. The fraction of sp³-hybridized carbons (Fsp3) is 0.647. The molecule has 2 rings (SSSR count). The summed E-state index contributed by atoms with van der Waals surface area (Å²) in [6.07, 6.45) is 3.91. The second-order valence-electron chi connectivity index (χ2n) is 6.18. The molecule has 2 heteroatoms. The summed E-state index contributed by atoms with van der Waals surface area (Å²) in [5.41, 5.74) is 4.17. The van der Waals surface area contributed by atoms with Gasteiger partial charge in [-0.2, -0.15) is 0 Å². The molecule has 0 aliphatic carbocycles. The van der Waals surface area contributed by atoms with Crippen LogP contribution in [0.4, 0.5) is 0 Å². The van der Waals surface area contributed by atoms with Crippen molar-refractivity contribution >= 4 is 0 Å². The number of hydrogen-bond donors (Lipinski definition) is 2. The Labute approximate surface area is 118 Å². The van der Waals surface area contributed by atoms with Crippen molar-refractivity contribution in [3.63, 3.8) is 0 Å². The van der Waals surface area contributed by atoms with Crippen LogP contribution in [0.3, 0.4) is 0 Å². The Morgan fingerprint density at radius 2 is 2.11 bits per heavy atom. The van der Waals surface area contributed by atoms with E-state index >= 15 is 0 Å². The maximum Gasteiger partial charge on any atom is 0.0296 e. The predicted molar refractivity (Wildman–Crippen MR) is 82.6 cm³/mol. The van der Waals surface area contributed by atoms with Gasteiger partial charge in [0.15, 0.2) is 0 Å². The molecule has 106 valence electrons. The number of hydrogen-bond acceptors (Lipinski definition) is 2. The largest absolute Gasteiger partial charge is 0.314 e. The lowest BCUT2D eigenvalue weighted by molar-refractivity contribution is 0.407. The summed E-state index contributed by atoms with van der Waals surface area (Å²) in [4.78, 5) is 0. The van der Waals surface area contributed by atoms with Crippen LogP contribution in [0, 0.1) is 13.8 Å². The van der Waals surface area contributed by atoms with Gasteiger partial charge in [0.1, 0.15) is 0 Å². The van der Waals surface area contributed by atoms with E-state index in [1.807, 2.05) is 0 Å². The second-order valence-corrected chi connectivity index (χ2v) is 6.18. The molecule has 1 aliphatic heterocycles. The molecule has 0 radical (unpaired) electrons. The van der Waals surface area contributed by atoms with Gasteiger partial charge in [0.05, 0.1) is 0 Å². The molecule has 1 fully saturated rings. The van der Waals surface area contributed by atoms with Crippen molar-refractivity contribution in [1.29, 1.82) is 0 Å². The molecule has 1 aromatic rings. The SMILES string of the molecule is Cc1ccc(C)c(C(C)NC(C)CC2CCCN2)c1. The molecule has 0 amide bonds. The zero-order chi connectivity index (χ0) is 13.8. The fourth-order valence-corrected chi connectivity index (χ4v) is 3.20. The lowest BCUT2D eigenvalue weighted by atomic mass is 9.98. The van der Waals surface area contributed by atoms with Crippen molar-refractivity contribution in [3.8, 4) is 0 Å². The molecule has 19 heavy (non-hydrogen) atoms. The number of benzene rings is 1. The quantitative estimate of drug-likeness (QED) is 0.847. The molecular formula is C17H28N2. The standard InChI is InChI=1S/C17H28N2/c1-12-7-8-13(2)17(10-12)15(4)19-14(3)11-16-6-5-9-18-16/h7-8,10,14-16,18-19H,5-6,9,11H2,1-4H3. The highest BCUT2D eigenvalue weighted by atomic mass is 15.0. The van der Waals surface area contributed by atoms with Crippen molar-refractivity contribution in [3.05, 3.63) is 34.9 Å². The van der Waals surface area contributed by atoms with Gasteiger partial charge in [-0.3, -0.25) is 0 Å². The summed E-state index contributed by atoms with van der Waals surface area (Å²) in [6, 6.07) is 8.44. The molecule has 2 nitrogen and oxygen atoms in total. The molecule has 1 aromatic carbocycles. The summed E-state index contributed by atoms with van der Waals surface area (Å²) < 4.78 is 0. The number of nitrogens with one attached hydrogen (secondary N) is 2. The average molecular weight is 260 g/mol. The van der Waals surface area contributed by atoms with Gasteiger partial charge in [0.2, 0.25) is 0 Å². The van der Waals surface area contributed by atoms with Crippen LogP contribution in [-0.4, -0.2) is 18.6 Å². The van der Waals surface area contributed by atoms with Crippen LogP contribution < -0.4 is 10.6 Å². The van der Waals surface area contributed by atoms with Gasteiger partial charge in [-0.05, 0) is 64.6 Å². The van der Waals surface area contributed by atoms with Gasteiger partial charge >= 0.3 is 0 Å². The van der Waals surface area contributed by atoms with E-state index in [2.05, 4.69) is 56.5 Å². The first-order valence-corrected chi connectivity index (χ1v) is 7.63. The van der Waals surface area contributed by atoms with Crippen molar-refractivity contribution in [1.82, 2.24) is 10.6 Å². The fourth-order valence-electron chi connectivity index (χ4n) is 3.20. The minimum Gasteiger partial charge on any atom is -0.314 e. The van der Waals surface area contributed by atoms with Gasteiger partial charge in [0.25, 0.3) is 0 Å². The highest BCUT2D eigenvalue weighted by Crippen LogP contribution is 2.20. The number of aryl methyl sites for hydroxylation is 2. The first-order chi connectivity index (χ1) is 9.06. The topological polar surface area (TPSA) is 24.1 Å². The normalized spacial score (nSPS) is 22.4. The molecular weight excluding hydrogens is 232 g/mol. The summed E-state index contributed by atoms with van der Waals surface area (Å²) in [5.74, 6) is 0. The van der Waals surface area contributed by atoms with Gasteiger partial charge in [-0.25, -0.2) is 0 Å². The minimum absolute atomic E-state index is 0.427. The van der Waals surface area contributed by atoms with E-state index in [-0.39, 0.29) is 0 Å². The van der Waals surface area contributed by atoms with Gasteiger partial charge < -0.3 is 10.6 Å². The Kier molecular flexibility index (Phi) is 5.00. The van der Waals surface area contributed by atoms with E-state index in [9.17, 15) is 0 Å². The van der Waals surface area contributed by atoms with E-state index in [1.165, 1.54) is 42.5 Å². The summed E-state index contributed by atoms with van der Waals surface area (Å²) in [7, 11) is 0. The van der Waals surface area contributed by atoms with Crippen molar-refractivity contribution in [2.24, 2.45) is 0 Å². The van der Waals surface area contributed by atoms with E-state index < -0.39 is 0 Å². The van der Waals surface area contributed by atoms with Gasteiger partial charge in [0, 0.05) is 18.1 Å². The summed E-state index contributed by atoms with van der Waals surface area (Å²) >= 11 is 0. The van der Waals surface area contributed by atoms with Crippen molar-refractivity contribution < 1.29 is 0 Å². The average Bonchev–Trinajstić information content (AvgIpc) is 2.84. The Hall–Kier alpha value is -0.860. The van der Waals surface area contributed by atoms with E-state index in [4.69, 9.17) is 0 Å². The third-order valence-corrected chi connectivity index (χ3v) is 4.24. The highest BCUT2D eigenvalue weighted by molar-refractivity contribution is 5.32. The third kappa shape index (κ3) is 4.05. The summed E-state index contributed by atoms with van der Waals surface area (Å²) in [6.45, 7) is 10.2. The van der Waals surface area contributed by atoms with Crippen LogP contribution >= 0.6 is 0 Å². The Balaban J connectivity index is 1.91. The van der Waals surface area contributed by atoms with Crippen LogP contribution in [0.2, 0.25) is 0 Å². The van der Waals surface area contributed by atoms with Crippen LogP contribution in [0.15, 0.2) is 18.2 Å². The minimum atomic E-state index is 0.427. The molecule has 3 unspecified atom stereocenters. The maximum absolute atomic E-state index is 3.75. The Bertz CT molecular complexity index is 408. The van der Waals surface area contributed by atoms with Crippen LogP contribution in [0.5, 0.6) is 0 Å². The van der Waals surface area contributed by atoms with Gasteiger partial charge in [-0.1, -0.05) is 23.8 Å². The number of rotatable bonds is 5. The first-order valence-electron chi connectivity index (χ1n) is 7.63. The first kappa shape index (κ1) is 14.5. The zero-order valence-corrected chi connectivity index (χ0v) is 12.8. The van der Waals surface area contributed by atoms with E-state index in [1.54, 1.807) is 0 Å². The molecule has 0 spiro atoms. The lowest BCUT2D eigenvalue weighted by Gasteiger charge is -2.24. The lowest BCUT2D eigenvalue weighted by Crippen LogP contribution is -2.35. The van der Waals surface area contributed by atoms with Crippen molar-refractivity contribution in [2.75, 3.05) is 6.54 Å². The molecule has 0 bridgehead atoms. The molecule has 0 aromatic heterocycles. The van der Waals surface area contributed by atoms with Gasteiger partial charge in [-0.15, -0.1) is 0 Å². The molecule has 0 saturated carbocycles. The van der Waals surface area contributed by atoms with Crippen LogP contribution in [-0.2, 0) is 0 Å². The Morgan fingerprint density at radius 3 is 2.79 bits per heavy atom. The second kappa shape index (κ2) is 6.53. The molecule has 1 saturated heterocycles. The van der Waals surface area contributed by atoms with E-state index in [0.29, 0.717) is 18.1 Å². The molecule has 2 N–H and O–H groups in total. The summed E-state index contributed by atoms with van der Waals surface area (Å²) in [5, 5.41) is 7.33.